The number of carbonyl (C=O) groups is 1. The van der Waals surface area contributed by atoms with Crippen LogP contribution in [0.3, 0.4) is 0 Å². The van der Waals surface area contributed by atoms with Crippen LogP contribution in [-0.2, 0) is 21.4 Å². The zero-order valence-corrected chi connectivity index (χ0v) is 25.7. The summed E-state index contributed by atoms with van der Waals surface area (Å²) in [6.45, 7) is 8.27. The largest absolute Gasteiger partial charge is 0.490 e. The normalized spacial score (nSPS) is 11.5. The van der Waals surface area contributed by atoms with Crippen LogP contribution in [0.15, 0.2) is 107 Å². The Hall–Kier alpha value is -4.63. The molecule has 0 aliphatic heterocycles. The van der Waals surface area contributed by atoms with Crippen molar-refractivity contribution in [2.45, 2.75) is 45.1 Å². The van der Waals surface area contributed by atoms with E-state index in [0.29, 0.717) is 36.0 Å². The second kappa shape index (κ2) is 14.5. The Labute approximate surface area is 254 Å². The van der Waals surface area contributed by atoms with Crippen LogP contribution in [-0.4, -0.2) is 33.7 Å². The van der Waals surface area contributed by atoms with E-state index in [1.54, 1.807) is 54.6 Å². The van der Waals surface area contributed by atoms with Crippen LogP contribution in [0.25, 0.3) is 0 Å². The Bertz CT molecular complexity index is 1640. The molecule has 0 radical (unpaired) electrons. The molecule has 0 fully saturated rings. The molecule has 0 aliphatic rings. The smallest absolute Gasteiger partial charge is 0.264 e. The molecule has 0 aliphatic carbocycles. The third kappa shape index (κ3) is 8.45. The van der Waals surface area contributed by atoms with Gasteiger partial charge < -0.3 is 9.47 Å². The van der Waals surface area contributed by atoms with E-state index in [9.17, 15) is 13.2 Å². The lowest BCUT2D eigenvalue weighted by Gasteiger charge is -2.24. The molecule has 0 saturated heterocycles. The Kier molecular flexibility index (Phi) is 10.6. The molecule has 9 heteroatoms. The summed E-state index contributed by atoms with van der Waals surface area (Å²) >= 11 is 0. The fourth-order valence-corrected chi connectivity index (χ4v) is 5.67. The molecule has 0 unspecified atom stereocenters. The van der Waals surface area contributed by atoms with Crippen LogP contribution >= 0.6 is 0 Å². The molecular formula is C34H37N3O5S. The zero-order valence-electron chi connectivity index (χ0n) is 24.9. The first kappa shape index (κ1) is 31.3. The molecule has 4 aromatic carbocycles. The van der Waals surface area contributed by atoms with E-state index in [4.69, 9.17) is 9.47 Å². The average molecular weight is 600 g/mol. The van der Waals surface area contributed by atoms with Gasteiger partial charge in [0.05, 0.1) is 23.4 Å². The summed E-state index contributed by atoms with van der Waals surface area (Å²) in [4.78, 5) is 13.1. The third-order valence-electron chi connectivity index (χ3n) is 6.65. The molecule has 4 rings (SSSR count). The number of sulfonamides is 1. The quantitative estimate of drug-likeness (QED) is 0.141. The number of ether oxygens (including phenoxy) is 2. The second-order valence-corrected chi connectivity index (χ2v) is 12.1. The summed E-state index contributed by atoms with van der Waals surface area (Å²) in [6, 6.07) is 28.9. The average Bonchev–Trinajstić information content (AvgIpc) is 3.00. The van der Waals surface area contributed by atoms with Gasteiger partial charge in [0.15, 0.2) is 11.5 Å². The van der Waals surface area contributed by atoms with Gasteiger partial charge in [-0.05, 0) is 78.9 Å². The molecule has 0 heterocycles. The summed E-state index contributed by atoms with van der Waals surface area (Å²) in [5.41, 5.74) is 6.55. The Morgan fingerprint density at radius 3 is 2.26 bits per heavy atom. The van der Waals surface area contributed by atoms with E-state index >= 15 is 0 Å². The summed E-state index contributed by atoms with van der Waals surface area (Å²) in [6.07, 6.45) is 1.47. The summed E-state index contributed by atoms with van der Waals surface area (Å²) in [7, 11) is -4.03. The van der Waals surface area contributed by atoms with Crippen molar-refractivity contribution in [3.05, 3.63) is 119 Å². The van der Waals surface area contributed by atoms with Crippen LogP contribution in [0.4, 0.5) is 5.69 Å². The fraction of sp³-hybridized carbons (Fsp3) is 0.235. The number of carbonyl (C=O) groups excluding carboxylic acids is 1. The number of hydrogen-bond acceptors (Lipinski definition) is 6. The maximum atomic E-state index is 13.7. The van der Waals surface area contributed by atoms with E-state index in [1.807, 2.05) is 56.3 Å². The first-order chi connectivity index (χ1) is 20.7. The molecule has 1 amide bonds. The highest BCUT2D eigenvalue weighted by Crippen LogP contribution is 2.29. The highest BCUT2D eigenvalue weighted by Gasteiger charge is 2.27. The van der Waals surface area contributed by atoms with Crippen molar-refractivity contribution < 1.29 is 22.7 Å². The molecule has 0 bridgehead atoms. The highest BCUT2D eigenvalue weighted by molar-refractivity contribution is 7.92. The Balaban J connectivity index is 1.49. The minimum Gasteiger partial charge on any atom is -0.490 e. The summed E-state index contributed by atoms with van der Waals surface area (Å²) in [5.74, 6) is 0.829. The Morgan fingerprint density at radius 2 is 1.60 bits per heavy atom. The van der Waals surface area contributed by atoms with Gasteiger partial charge in [0, 0.05) is 0 Å². The van der Waals surface area contributed by atoms with E-state index in [1.165, 1.54) is 6.21 Å². The lowest BCUT2D eigenvalue weighted by Crippen LogP contribution is -2.39. The predicted octanol–water partition coefficient (Wildman–Crippen LogP) is 6.44. The van der Waals surface area contributed by atoms with E-state index in [-0.39, 0.29) is 10.8 Å². The topological polar surface area (TPSA) is 97.3 Å². The van der Waals surface area contributed by atoms with Gasteiger partial charge in [-0.15, -0.1) is 0 Å². The van der Waals surface area contributed by atoms with Crippen molar-refractivity contribution in [1.82, 2.24) is 5.43 Å². The Morgan fingerprint density at radius 1 is 0.907 bits per heavy atom. The molecule has 1 N–H and O–H groups in total. The van der Waals surface area contributed by atoms with Crippen LogP contribution in [0.5, 0.6) is 11.5 Å². The van der Waals surface area contributed by atoms with E-state index < -0.39 is 22.5 Å². The van der Waals surface area contributed by atoms with Crippen LogP contribution < -0.4 is 19.2 Å². The maximum Gasteiger partial charge on any atom is 0.264 e. The molecule has 0 atom stereocenters. The standard InChI is InChI=1S/C34H37N3O5S/c1-5-41-33-21-28(13-20-32(33)42-24-27-9-7-6-8-10-27)22-35-36-34(38)23-37(30-16-14-29(15-17-30)25(2)3)43(39,40)31-18-11-26(4)12-19-31/h6-22,25H,5,23-24H2,1-4H3,(H,36,38)/b35-22-. The molecule has 0 aromatic heterocycles. The lowest BCUT2D eigenvalue weighted by atomic mass is 10.0. The first-order valence-electron chi connectivity index (χ1n) is 14.1. The van der Waals surface area contributed by atoms with Gasteiger partial charge in [-0.2, -0.15) is 5.10 Å². The van der Waals surface area contributed by atoms with Gasteiger partial charge in [0.2, 0.25) is 0 Å². The maximum absolute atomic E-state index is 13.7. The second-order valence-electron chi connectivity index (χ2n) is 10.3. The fourth-order valence-electron chi connectivity index (χ4n) is 4.25. The number of hydrogen-bond donors (Lipinski definition) is 1. The van der Waals surface area contributed by atoms with Crippen molar-refractivity contribution in [2.75, 3.05) is 17.5 Å². The number of hydrazone groups is 1. The molecule has 0 spiro atoms. The zero-order chi connectivity index (χ0) is 30.8. The van der Waals surface area contributed by atoms with Crippen molar-refractivity contribution in [3.8, 4) is 11.5 Å². The lowest BCUT2D eigenvalue weighted by molar-refractivity contribution is -0.119. The SMILES string of the molecule is CCOc1cc(/C=N\NC(=O)CN(c2ccc(C(C)C)cc2)S(=O)(=O)c2ccc(C)cc2)ccc1OCc1ccccc1. The minimum absolute atomic E-state index is 0.0976. The molecule has 8 nitrogen and oxygen atoms in total. The van der Waals surface area contributed by atoms with Crippen molar-refractivity contribution in [2.24, 2.45) is 5.10 Å². The number of benzene rings is 4. The third-order valence-corrected chi connectivity index (χ3v) is 8.44. The van der Waals surface area contributed by atoms with Gasteiger partial charge >= 0.3 is 0 Å². The molecule has 43 heavy (non-hydrogen) atoms. The first-order valence-corrected chi connectivity index (χ1v) is 15.6. The van der Waals surface area contributed by atoms with Crippen LogP contribution in [0.1, 0.15) is 48.9 Å². The van der Waals surface area contributed by atoms with Crippen LogP contribution in [0, 0.1) is 6.92 Å². The number of nitrogens with zero attached hydrogens (tertiary/aromatic N) is 2. The van der Waals surface area contributed by atoms with Crippen molar-refractivity contribution >= 4 is 27.8 Å². The van der Waals surface area contributed by atoms with Gasteiger partial charge in [-0.25, -0.2) is 13.8 Å². The number of amides is 1. The molecular weight excluding hydrogens is 562 g/mol. The molecule has 0 saturated carbocycles. The number of nitrogens with one attached hydrogen (secondary N) is 1. The monoisotopic (exact) mass is 599 g/mol. The summed E-state index contributed by atoms with van der Waals surface area (Å²) in [5, 5.41) is 4.07. The van der Waals surface area contributed by atoms with Crippen molar-refractivity contribution in [3.63, 3.8) is 0 Å². The molecule has 224 valence electrons. The number of aryl methyl sites for hydroxylation is 1. The van der Waals surface area contributed by atoms with Crippen LogP contribution in [0.2, 0.25) is 0 Å². The summed E-state index contributed by atoms with van der Waals surface area (Å²) < 4.78 is 40.1. The van der Waals surface area contributed by atoms with Gasteiger partial charge in [0.1, 0.15) is 13.2 Å². The predicted molar refractivity (Wildman–Crippen MR) is 170 cm³/mol. The van der Waals surface area contributed by atoms with Crippen molar-refractivity contribution in [1.29, 1.82) is 0 Å². The van der Waals surface area contributed by atoms with E-state index in [2.05, 4.69) is 24.4 Å². The molecule has 4 aromatic rings. The number of rotatable bonds is 13. The van der Waals surface area contributed by atoms with E-state index in [0.717, 1.165) is 21.0 Å². The highest BCUT2D eigenvalue weighted by atomic mass is 32.2. The minimum atomic E-state index is -4.03. The van der Waals surface area contributed by atoms with Gasteiger partial charge in [0.25, 0.3) is 15.9 Å². The van der Waals surface area contributed by atoms with Gasteiger partial charge in [-0.3, -0.25) is 9.10 Å². The van der Waals surface area contributed by atoms with Gasteiger partial charge in [-0.1, -0.05) is 74.0 Å². The number of anilines is 1.